The molecule has 0 aliphatic carbocycles. The third-order valence-corrected chi connectivity index (χ3v) is 5.77. The Morgan fingerprint density at radius 1 is 1.21 bits per heavy atom. The van der Waals surface area contributed by atoms with E-state index in [-0.39, 0.29) is 17.3 Å². The van der Waals surface area contributed by atoms with Crippen molar-refractivity contribution in [1.82, 2.24) is 0 Å². The highest BCUT2D eigenvalue weighted by Crippen LogP contribution is 2.44. The predicted molar refractivity (Wildman–Crippen MR) is 110 cm³/mol. The lowest BCUT2D eigenvalue weighted by Crippen LogP contribution is -2.33. The molecule has 28 heavy (non-hydrogen) atoms. The lowest BCUT2D eigenvalue weighted by Gasteiger charge is -2.35. The van der Waals surface area contributed by atoms with Crippen molar-refractivity contribution >= 4 is 0 Å². The van der Waals surface area contributed by atoms with Crippen LogP contribution in [0.4, 0.5) is 0 Å². The molecule has 2 aliphatic heterocycles. The second kappa shape index (κ2) is 7.57. The molecule has 4 heteroatoms. The molecule has 0 aromatic heterocycles. The third-order valence-electron chi connectivity index (χ3n) is 5.77. The molecule has 1 N–H and O–H groups in total. The summed E-state index contributed by atoms with van der Waals surface area (Å²) in [5, 5.41) is 10.5. The summed E-state index contributed by atoms with van der Waals surface area (Å²) in [6.45, 7) is 7.64. The summed E-state index contributed by atoms with van der Waals surface area (Å²) in [7, 11) is 0. The zero-order chi connectivity index (χ0) is 19.7. The Labute approximate surface area is 167 Å². The molecule has 1 atom stereocenters. The number of phenolic OH excluding ortho intramolecular Hbond substituents is 1. The molecule has 2 aromatic rings. The van der Waals surface area contributed by atoms with Gasteiger partial charge in [-0.05, 0) is 57.2 Å². The Balaban J connectivity index is 1.52. The second-order valence-electron chi connectivity index (χ2n) is 8.53. The van der Waals surface area contributed by atoms with Gasteiger partial charge in [0.05, 0.1) is 13.2 Å². The molecule has 2 heterocycles. The number of fused-ring (bicyclic) bond motifs is 3. The number of ether oxygens (including phenoxy) is 3. The van der Waals surface area contributed by atoms with Gasteiger partial charge in [0.25, 0.3) is 0 Å². The first-order valence-electron chi connectivity index (χ1n) is 10.4. The van der Waals surface area contributed by atoms with Gasteiger partial charge in [0, 0.05) is 23.1 Å². The highest BCUT2D eigenvalue weighted by molar-refractivity contribution is 5.54. The molecule has 0 fully saturated rings. The Morgan fingerprint density at radius 2 is 2.07 bits per heavy atom. The van der Waals surface area contributed by atoms with Crippen molar-refractivity contribution in [2.24, 2.45) is 0 Å². The average molecular weight is 383 g/mol. The van der Waals surface area contributed by atoms with E-state index in [0.717, 1.165) is 54.9 Å². The lowest BCUT2D eigenvalue weighted by molar-refractivity contribution is 0.0826. The Hall–Kier alpha value is -2.36. The van der Waals surface area contributed by atoms with Gasteiger partial charge in [-0.25, -0.2) is 0 Å². The van der Waals surface area contributed by atoms with Gasteiger partial charge in [0.1, 0.15) is 28.6 Å². The van der Waals surface area contributed by atoms with Crippen molar-refractivity contribution in [3.8, 4) is 23.0 Å². The van der Waals surface area contributed by atoms with Crippen LogP contribution >= 0.6 is 0 Å². The van der Waals surface area contributed by atoms with Gasteiger partial charge in [-0.2, -0.15) is 0 Å². The van der Waals surface area contributed by atoms with Crippen molar-refractivity contribution < 1.29 is 19.3 Å². The molecule has 4 rings (SSSR count). The fourth-order valence-electron chi connectivity index (χ4n) is 4.11. The summed E-state index contributed by atoms with van der Waals surface area (Å²) in [6, 6.07) is 9.83. The highest BCUT2D eigenvalue weighted by Gasteiger charge is 2.32. The normalized spacial score (nSPS) is 19.8. The Bertz CT molecular complexity index is 856. The SMILES string of the molecule is CCCCOc1ccc([C@H]2COc3c(ccc4c3CCC(C)(C)O4)C2)c(O)c1. The van der Waals surface area contributed by atoms with Crippen molar-refractivity contribution in [1.29, 1.82) is 0 Å². The van der Waals surface area contributed by atoms with E-state index in [1.807, 2.05) is 12.1 Å². The number of rotatable bonds is 5. The molecule has 2 aliphatic rings. The zero-order valence-electron chi connectivity index (χ0n) is 17.1. The summed E-state index contributed by atoms with van der Waals surface area (Å²) in [4.78, 5) is 0. The second-order valence-corrected chi connectivity index (χ2v) is 8.53. The first-order chi connectivity index (χ1) is 13.5. The largest absolute Gasteiger partial charge is 0.508 e. The monoisotopic (exact) mass is 382 g/mol. The van der Waals surface area contributed by atoms with E-state index in [2.05, 4.69) is 32.9 Å². The highest BCUT2D eigenvalue weighted by atomic mass is 16.5. The molecule has 0 saturated carbocycles. The minimum Gasteiger partial charge on any atom is -0.508 e. The maximum atomic E-state index is 10.5. The maximum Gasteiger partial charge on any atom is 0.129 e. The number of benzene rings is 2. The van der Waals surface area contributed by atoms with E-state index >= 15 is 0 Å². The van der Waals surface area contributed by atoms with Crippen LogP contribution < -0.4 is 14.2 Å². The summed E-state index contributed by atoms with van der Waals surface area (Å²) in [5.74, 6) is 3.08. The molecule has 0 bridgehead atoms. The van der Waals surface area contributed by atoms with E-state index in [4.69, 9.17) is 14.2 Å². The van der Waals surface area contributed by atoms with Crippen LogP contribution in [0.2, 0.25) is 0 Å². The molecule has 0 saturated heterocycles. The standard InChI is InChI=1S/C24H30O4/c1-4-5-12-26-18-7-8-19(21(25)14-18)17-13-16-6-9-22-20(23(16)27-15-17)10-11-24(2,3)28-22/h6-9,14,17,25H,4-5,10-13,15H2,1-3H3/t17-/m1/s1. The van der Waals surface area contributed by atoms with Gasteiger partial charge in [0.2, 0.25) is 0 Å². The van der Waals surface area contributed by atoms with E-state index < -0.39 is 0 Å². The summed E-state index contributed by atoms with van der Waals surface area (Å²) < 4.78 is 18.0. The summed E-state index contributed by atoms with van der Waals surface area (Å²) >= 11 is 0. The molecule has 0 unspecified atom stereocenters. The minimum absolute atomic E-state index is 0.120. The quantitative estimate of drug-likeness (QED) is 0.704. The minimum atomic E-state index is -0.120. The number of hydrogen-bond donors (Lipinski definition) is 1. The van der Waals surface area contributed by atoms with Crippen LogP contribution in [-0.2, 0) is 12.8 Å². The van der Waals surface area contributed by atoms with Crippen LogP contribution in [-0.4, -0.2) is 23.9 Å². The molecule has 4 nitrogen and oxygen atoms in total. The van der Waals surface area contributed by atoms with Crippen molar-refractivity contribution in [3.63, 3.8) is 0 Å². The topological polar surface area (TPSA) is 47.9 Å². The fourth-order valence-corrected chi connectivity index (χ4v) is 4.11. The predicted octanol–water partition coefficient (Wildman–Crippen LogP) is 5.39. The van der Waals surface area contributed by atoms with Gasteiger partial charge in [-0.3, -0.25) is 0 Å². The van der Waals surface area contributed by atoms with Gasteiger partial charge >= 0.3 is 0 Å². The van der Waals surface area contributed by atoms with Crippen LogP contribution in [0.1, 0.15) is 62.6 Å². The molecule has 2 aromatic carbocycles. The van der Waals surface area contributed by atoms with E-state index in [1.54, 1.807) is 6.07 Å². The Kier molecular flexibility index (Phi) is 5.13. The van der Waals surface area contributed by atoms with Crippen LogP contribution in [0.3, 0.4) is 0 Å². The van der Waals surface area contributed by atoms with Crippen LogP contribution in [0.5, 0.6) is 23.0 Å². The summed E-state index contributed by atoms with van der Waals surface area (Å²) in [6.07, 6.45) is 4.93. The lowest BCUT2D eigenvalue weighted by atomic mass is 9.86. The van der Waals surface area contributed by atoms with Crippen LogP contribution in [0, 0.1) is 0 Å². The average Bonchev–Trinajstić information content (AvgIpc) is 2.67. The zero-order valence-corrected chi connectivity index (χ0v) is 17.1. The smallest absolute Gasteiger partial charge is 0.129 e. The van der Waals surface area contributed by atoms with Gasteiger partial charge < -0.3 is 19.3 Å². The van der Waals surface area contributed by atoms with E-state index in [0.29, 0.717) is 13.2 Å². The van der Waals surface area contributed by atoms with E-state index in [9.17, 15) is 5.11 Å². The molecule has 0 amide bonds. The number of unbranched alkanes of at least 4 members (excludes halogenated alkanes) is 1. The fraction of sp³-hybridized carbons (Fsp3) is 0.500. The maximum absolute atomic E-state index is 10.5. The van der Waals surface area contributed by atoms with Gasteiger partial charge in [-0.1, -0.05) is 25.5 Å². The van der Waals surface area contributed by atoms with Crippen LogP contribution in [0.25, 0.3) is 0 Å². The van der Waals surface area contributed by atoms with Crippen molar-refractivity contribution in [2.75, 3.05) is 13.2 Å². The van der Waals surface area contributed by atoms with Gasteiger partial charge in [0.15, 0.2) is 0 Å². The number of phenols is 1. The molecule has 150 valence electrons. The summed E-state index contributed by atoms with van der Waals surface area (Å²) in [5.41, 5.74) is 3.19. The first-order valence-corrected chi connectivity index (χ1v) is 10.4. The molecule has 0 radical (unpaired) electrons. The molecular formula is C24H30O4. The Morgan fingerprint density at radius 3 is 2.86 bits per heavy atom. The van der Waals surface area contributed by atoms with E-state index in [1.165, 1.54) is 11.1 Å². The molecule has 0 spiro atoms. The first kappa shape index (κ1) is 19.0. The van der Waals surface area contributed by atoms with Crippen molar-refractivity contribution in [3.05, 3.63) is 47.0 Å². The van der Waals surface area contributed by atoms with Crippen molar-refractivity contribution in [2.45, 2.75) is 64.4 Å². The molecular weight excluding hydrogens is 352 g/mol. The number of hydrogen-bond acceptors (Lipinski definition) is 4. The number of aromatic hydroxyl groups is 1. The van der Waals surface area contributed by atoms with Crippen LogP contribution in [0.15, 0.2) is 30.3 Å². The van der Waals surface area contributed by atoms with Gasteiger partial charge in [-0.15, -0.1) is 0 Å². The third kappa shape index (κ3) is 3.78.